The lowest BCUT2D eigenvalue weighted by atomic mass is 9.78. The van der Waals surface area contributed by atoms with Gasteiger partial charge in [0.05, 0.1) is 24.8 Å². The number of pyridine rings is 1. The van der Waals surface area contributed by atoms with Gasteiger partial charge in [-0.3, -0.25) is 14.4 Å². The zero-order chi connectivity index (χ0) is 33.4. The Labute approximate surface area is 264 Å². The molecule has 11 heteroatoms. The van der Waals surface area contributed by atoms with E-state index >= 15 is 0 Å². The Morgan fingerprint density at radius 2 is 1.70 bits per heavy atom. The molecule has 1 heterocycles. The molecule has 11 nitrogen and oxygen atoms in total. The van der Waals surface area contributed by atoms with E-state index in [2.05, 4.69) is 15.6 Å². The normalized spacial score (nSPS) is 15.3. The maximum atomic E-state index is 13.5. The molecule has 0 aliphatic rings. The van der Waals surface area contributed by atoms with Crippen LogP contribution in [0.15, 0.2) is 18.3 Å². The summed E-state index contributed by atoms with van der Waals surface area (Å²) >= 11 is 0. The lowest BCUT2D eigenvalue weighted by molar-refractivity contribution is -0.166. The van der Waals surface area contributed by atoms with Crippen LogP contribution in [0, 0.1) is 29.6 Å². The van der Waals surface area contributed by atoms with E-state index < -0.39 is 47.5 Å². The van der Waals surface area contributed by atoms with Gasteiger partial charge in [-0.15, -0.1) is 0 Å². The quantitative estimate of drug-likeness (QED) is 0.0954. The number of amides is 2. The SMILES string of the molecule is CCCCNC(=O)[C@@H](C[C@H](O)[C@H](C[C@@H](C(C)C)C(N)NC(=O)c1cccnc1OCCCOC)C(=O)OC(C)(C)C)C(C)C. The van der Waals surface area contributed by atoms with Crippen molar-refractivity contribution in [2.45, 2.75) is 105 Å². The van der Waals surface area contributed by atoms with Crippen molar-refractivity contribution in [2.24, 2.45) is 35.3 Å². The van der Waals surface area contributed by atoms with Crippen LogP contribution in [-0.4, -0.2) is 72.6 Å². The van der Waals surface area contributed by atoms with Gasteiger partial charge in [0.2, 0.25) is 11.8 Å². The third-order valence-electron chi connectivity index (χ3n) is 7.53. The van der Waals surface area contributed by atoms with E-state index in [9.17, 15) is 19.5 Å². The van der Waals surface area contributed by atoms with E-state index in [0.717, 1.165) is 12.8 Å². The summed E-state index contributed by atoms with van der Waals surface area (Å²) in [4.78, 5) is 44.0. The van der Waals surface area contributed by atoms with E-state index in [1.807, 2.05) is 34.6 Å². The number of carbonyl (C=O) groups is 3. The number of nitrogens with two attached hydrogens (primary N) is 1. The highest BCUT2D eigenvalue weighted by Crippen LogP contribution is 2.31. The number of nitrogens with one attached hydrogen (secondary N) is 2. The number of carbonyl (C=O) groups excluding carboxylic acids is 3. The van der Waals surface area contributed by atoms with Crippen LogP contribution < -0.4 is 21.1 Å². The molecule has 5 atom stereocenters. The molecule has 1 rings (SSSR count). The summed E-state index contributed by atoms with van der Waals surface area (Å²) in [7, 11) is 1.60. The first-order valence-corrected chi connectivity index (χ1v) is 15.9. The first kappa shape index (κ1) is 39.3. The van der Waals surface area contributed by atoms with Gasteiger partial charge in [-0.2, -0.15) is 0 Å². The van der Waals surface area contributed by atoms with E-state index in [0.29, 0.717) is 26.2 Å². The number of rotatable bonds is 20. The summed E-state index contributed by atoms with van der Waals surface area (Å²) in [5.41, 5.74) is 6.03. The average molecular weight is 623 g/mol. The van der Waals surface area contributed by atoms with Crippen LogP contribution in [0.2, 0.25) is 0 Å². The molecule has 0 aliphatic heterocycles. The molecule has 44 heavy (non-hydrogen) atoms. The first-order chi connectivity index (χ1) is 20.6. The molecule has 1 aromatic rings. The molecular weight excluding hydrogens is 564 g/mol. The van der Waals surface area contributed by atoms with Gasteiger partial charge in [0.1, 0.15) is 11.2 Å². The maximum absolute atomic E-state index is 13.5. The Morgan fingerprint density at radius 3 is 2.27 bits per heavy atom. The minimum Gasteiger partial charge on any atom is -0.477 e. The van der Waals surface area contributed by atoms with Crippen LogP contribution in [0.1, 0.15) is 97.9 Å². The molecule has 0 aliphatic carbocycles. The van der Waals surface area contributed by atoms with Gasteiger partial charge in [-0.25, -0.2) is 4.98 Å². The van der Waals surface area contributed by atoms with Crippen LogP contribution in [-0.2, 0) is 19.1 Å². The fraction of sp³-hybridized carbons (Fsp3) is 0.758. The van der Waals surface area contributed by atoms with Crippen LogP contribution in [0.5, 0.6) is 5.88 Å². The van der Waals surface area contributed by atoms with Gasteiger partial charge in [-0.1, -0.05) is 41.0 Å². The Balaban J connectivity index is 3.20. The van der Waals surface area contributed by atoms with Crippen molar-refractivity contribution in [3.05, 3.63) is 23.9 Å². The molecule has 2 amide bonds. The third-order valence-corrected chi connectivity index (χ3v) is 7.53. The van der Waals surface area contributed by atoms with Crippen LogP contribution >= 0.6 is 0 Å². The summed E-state index contributed by atoms with van der Waals surface area (Å²) in [5, 5.41) is 17.3. The molecule has 252 valence electrons. The molecule has 0 fully saturated rings. The minimum absolute atomic E-state index is 0.0570. The Bertz CT molecular complexity index is 1010. The largest absolute Gasteiger partial charge is 0.477 e. The molecule has 0 bridgehead atoms. The maximum Gasteiger partial charge on any atom is 0.312 e. The van der Waals surface area contributed by atoms with Crippen LogP contribution in [0.4, 0.5) is 0 Å². The lowest BCUT2D eigenvalue weighted by Crippen LogP contribution is -2.50. The summed E-state index contributed by atoms with van der Waals surface area (Å²) in [6, 6.07) is 3.25. The van der Waals surface area contributed by atoms with E-state index in [-0.39, 0.29) is 42.0 Å². The Hall–Kier alpha value is -2.76. The number of ether oxygens (including phenoxy) is 3. The predicted octanol–water partition coefficient (Wildman–Crippen LogP) is 4.07. The number of esters is 1. The minimum atomic E-state index is -1.16. The highest BCUT2D eigenvalue weighted by atomic mass is 16.6. The molecule has 0 saturated carbocycles. The smallest absolute Gasteiger partial charge is 0.312 e. The fourth-order valence-corrected chi connectivity index (χ4v) is 4.93. The molecule has 1 aromatic heterocycles. The van der Waals surface area contributed by atoms with Crippen molar-refractivity contribution in [1.82, 2.24) is 15.6 Å². The monoisotopic (exact) mass is 622 g/mol. The van der Waals surface area contributed by atoms with Gasteiger partial charge in [0.25, 0.3) is 5.91 Å². The second-order valence-corrected chi connectivity index (χ2v) is 13.1. The number of methoxy groups -OCH3 is 1. The lowest BCUT2D eigenvalue weighted by Gasteiger charge is -2.34. The van der Waals surface area contributed by atoms with Crippen LogP contribution in [0.3, 0.4) is 0 Å². The zero-order valence-corrected chi connectivity index (χ0v) is 28.4. The van der Waals surface area contributed by atoms with E-state index in [1.54, 1.807) is 46.2 Å². The van der Waals surface area contributed by atoms with Crippen molar-refractivity contribution in [3.8, 4) is 5.88 Å². The summed E-state index contributed by atoms with van der Waals surface area (Å²) < 4.78 is 16.5. The predicted molar refractivity (Wildman–Crippen MR) is 171 cm³/mol. The molecule has 0 spiro atoms. The number of hydrogen-bond donors (Lipinski definition) is 4. The van der Waals surface area contributed by atoms with Crippen molar-refractivity contribution in [1.29, 1.82) is 0 Å². The van der Waals surface area contributed by atoms with Gasteiger partial charge in [0.15, 0.2) is 0 Å². The summed E-state index contributed by atoms with van der Waals surface area (Å²) in [6.45, 7) is 16.5. The molecular formula is C33H58N4O7. The molecule has 1 unspecified atom stereocenters. The summed E-state index contributed by atoms with van der Waals surface area (Å²) in [6.07, 6.45) is 2.20. The Morgan fingerprint density at radius 1 is 1.02 bits per heavy atom. The summed E-state index contributed by atoms with van der Waals surface area (Å²) in [5.74, 6) is -2.98. The number of aliphatic hydroxyl groups excluding tert-OH is 1. The molecule has 0 aromatic carbocycles. The van der Waals surface area contributed by atoms with Crippen molar-refractivity contribution >= 4 is 17.8 Å². The van der Waals surface area contributed by atoms with E-state index in [4.69, 9.17) is 19.9 Å². The van der Waals surface area contributed by atoms with Crippen LogP contribution in [0.25, 0.3) is 0 Å². The van der Waals surface area contributed by atoms with Gasteiger partial charge < -0.3 is 35.7 Å². The highest BCUT2D eigenvalue weighted by molar-refractivity contribution is 5.96. The van der Waals surface area contributed by atoms with Crippen molar-refractivity contribution in [3.63, 3.8) is 0 Å². The zero-order valence-electron chi connectivity index (χ0n) is 28.4. The third kappa shape index (κ3) is 13.9. The fourth-order valence-electron chi connectivity index (χ4n) is 4.93. The molecule has 5 N–H and O–H groups in total. The second-order valence-electron chi connectivity index (χ2n) is 13.1. The number of hydrogen-bond acceptors (Lipinski definition) is 9. The standard InChI is InChI=1S/C33H58N4O7/c1-10-11-15-35-29(39)25(22(4)5)20-27(38)26(32(41)44-33(6,7)8)19-24(21(2)3)28(34)37-30(40)23-14-12-16-36-31(23)43-18-13-17-42-9/h12,14,16,21-22,24-28,38H,10-11,13,15,17-20,34H2,1-9H3,(H,35,39)(H,37,40)/t24-,25-,26-,27-,28?/m0/s1. The molecule has 0 radical (unpaired) electrons. The first-order valence-electron chi connectivity index (χ1n) is 15.9. The Kier molecular flexibility index (Phi) is 17.5. The number of nitrogens with zero attached hydrogens (tertiary/aromatic N) is 1. The van der Waals surface area contributed by atoms with Crippen molar-refractivity contribution < 1.29 is 33.7 Å². The molecule has 0 saturated heterocycles. The van der Waals surface area contributed by atoms with Crippen molar-refractivity contribution in [2.75, 3.05) is 26.9 Å². The van der Waals surface area contributed by atoms with E-state index in [1.165, 1.54) is 0 Å². The average Bonchev–Trinajstić information content (AvgIpc) is 2.93. The number of unbranched alkanes of at least 4 members (excludes halogenated alkanes) is 1. The number of aliphatic hydroxyl groups is 1. The topological polar surface area (TPSA) is 162 Å². The number of aromatic nitrogens is 1. The highest BCUT2D eigenvalue weighted by Gasteiger charge is 2.39. The van der Waals surface area contributed by atoms with Gasteiger partial charge in [0, 0.05) is 38.8 Å². The van der Waals surface area contributed by atoms with Gasteiger partial charge in [-0.05, 0) is 69.9 Å². The second kappa shape index (κ2) is 19.6. The van der Waals surface area contributed by atoms with Gasteiger partial charge >= 0.3 is 5.97 Å².